The Labute approximate surface area is 196 Å². The van der Waals surface area contributed by atoms with Crippen molar-refractivity contribution in [2.75, 3.05) is 16.8 Å². The van der Waals surface area contributed by atoms with Crippen molar-refractivity contribution in [1.82, 2.24) is 19.6 Å². The average Bonchev–Trinajstić information content (AvgIpc) is 3.56. The van der Waals surface area contributed by atoms with Gasteiger partial charge in [-0.25, -0.2) is 9.50 Å². The molecule has 33 heavy (non-hydrogen) atoms. The van der Waals surface area contributed by atoms with Crippen LogP contribution in [0.5, 0.6) is 0 Å². The molecule has 2 aromatic carbocycles. The van der Waals surface area contributed by atoms with Crippen molar-refractivity contribution in [3.8, 4) is 11.3 Å². The van der Waals surface area contributed by atoms with E-state index in [1.165, 1.54) is 11.3 Å². The van der Waals surface area contributed by atoms with E-state index in [2.05, 4.69) is 20.4 Å². The molecule has 1 fully saturated rings. The first-order valence-corrected chi connectivity index (χ1v) is 12.1. The summed E-state index contributed by atoms with van der Waals surface area (Å²) in [6, 6.07) is 15.7. The lowest BCUT2D eigenvalue weighted by Crippen LogP contribution is -2.28. The van der Waals surface area contributed by atoms with Crippen LogP contribution in [-0.2, 0) is 9.59 Å². The van der Waals surface area contributed by atoms with E-state index in [9.17, 15) is 9.59 Å². The molecule has 1 aliphatic heterocycles. The number of amides is 2. The van der Waals surface area contributed by atoms with E-state index < -0.39 is 5.92 Å². The lowest BCUT2D eigenvalue weighted by Gasteiger charge is -2.16. The quantitative estimate of drug-likeness (QED) is 0.418. The van der Waals surface area contributed by atoms with Gasteiger partial charge in [0.25, 0.3) is 0 Å². The van der Waals surface area contributed by atoms with Crippen molar-refractivity contribution >= 4 is 61.3 Å². The largest absolute Gasteiger partial charge is 0.312 e. The summed E-state index contributed by atoms with van der Waals surface area (Å²) in [4.78, 5) is 36.9. The van der Waals surface area contributed by atoms with Crippen molar-refractivity contribution in [3.05, 3.63) is 58.9 Å². The van der Waals surface area contributed by atoms with Crippen molar-refractivity contribution in [2.45, 2.75) is 13.3 Å². The number of anilines is 2. The highest BCUT2D eigenvalue weighted by atomic mass is 32.1. The van der Waals surface area contributed by atoms with Gasteiger partial charge in [0, 0.05) is 29.6 Å². The Bertz CT molecular complexity index is 1520. The summed E-state index contributed by atoms with van der Waals surface area (Å²) in [5.74, 6) is -0.558. The van der Waals surface area contributed by atoms with Crippen LogP contribution in [0.25, 0.3) is 26.4 Å². The van der Waals surface area contributed by atoms with Crippen molar-refractivity contribution in [2.24, 2.45) is 5.92 Å². The van der Waals surface area contributed by atoms with E-state index in [1.807, 2.05) is 60.8 Å². The number of thiazole rings is 2. The molecule has 0 saturated carbocycles. The molecule has 5 aromatic rings. The maximum Gasteiger partial charge on any atom is 0.250 e. The van der Waals surface area contributed by atoms with Crippen LogP contribution in [-0.4, -0.2) is 37.9 Å². The van der Waals surface area contributed by atoms with Gasteiger partial charge in [0.1, 0.15) is 0 Å². The number of nitrogens with one attached hydrogen (secondary N) is 1. The summed E-state index contributed by atoms with van der Waals surface area (Å²) in [6.45, 7) is 2.28. The van der Waals surface area contributed by atoms with Gasteiger partial charge in [-0.1, -0.05) is 30.3 Å². The fourth-order valence-corrected chi connectivity index (χ4v) is 5.72. The number of benzene rings is 2. The molecule has 164 valence electrons. The highest BCUT2D eigenvalue weighted by Gasteiger charge is 2.35. The zero-order valence-corrected chi connectivity index (χ0v) is 19.2. The molecule has 0 radical (unpaired) electrons. The number of nitrogens with zero attached hydrogens (tertiary/aromatic N) is 5. The molecule has 0 bridgehead atoms. The second-order valence-electron chi connectivity index (χ2n) is 7.90. The van der Waals surface area contributed by atoms with Gasteiger partial charge in [-0.15, -0.1) is 27.8 Å². The minimum absolute atomic E-state index is 0.0772. The molecule has 1 aliphatic rings. The Kier molecular flexibility index (Phi) is 4.70. The molecule has 0 spiro atoms. The van der Waals surface area contributed by atoms with Gasteiger partial charge in [-0.3, -0.25) is 14.9 Å². The molecular formula is C23H18N6O2S2. The normalized spacial score (nSPS) is 16.2. The Morgan fingerprint density at radius 1 is 1.15 bits per heavy atom. The van der Waals surface area contributed by atoms with Crippen LogP contribution in [0.3, 0.4) is 0 Å². The summed E-state index contributed by atoms with van der Waals surface area (Å²) < 4.78 is 2.81. The van der Waals surface area contributed by atoms with Crippen molar-refractivity contribution in [3.63, 3.8) is 0 Å². The van der Waals surface area contributed by atoms with Crippen LogP contribution < -0.4 is 10.2 Å². The molecule has 10 heteroatoms. The molecule has 1 unspecified atom stereocenters. The van der Waals surface area contributed by atoms with Gasteiger partial charge < -0.3 is 4.90 Å². The summed E-state index contributed by atoms with van der Waals surface area (Å²) >= 11 is 3.08. The van der Waals surface area contributed by atoms with E-state index in [4.69, 9.17) is 0 Å². The maximum absolute atomic E-state index is 12.9. The predicted octanol–water partition coefficient (Wildman–Crippen LogP) is 4.37. The van der Waals surface area contributed by atoms with Gasteiger partial charge in [0.15, 0.2) is 0 Å². The van der Waals surface area contributed by atoms with Gasteiger partial charge in [0.05, 0.1) is 26.8 Å². The third-order valence-corrected chi connectivity index (χ3v) is 7.44. The Morgan fingerprint density at radius 2 is 2.00 bits per heavy atom. The topological polar surface area (TPSA) is 92.5 Å². The molecule has 1 N–H and O–H groups in total. The number of aryl methyl sites for hydroxylation is 1. The van der Waals surface area contributed by atoms with Crippen LogP contribution >= 0.6 is 22.7 Å². The van der Waals surface area contributed by atoms with Crippen molar-refractivity contribution in [1.29, 1.82) is 0 Å². The summed E-state index contributed by atoms with van der Waals surface area (Å²) in [5.41, 5.74) is 3.57. The van der Waals surface area contributed by atoms with Crippen LogP contribution in [0.15, 0.2) is 53.9 Å². The minimum atomic E-state index is -0.472. The SMILES string of the molecule is Cc1nc2cc(N3CC(C(=O)Nc4nc5scc(-c6ccccc6)n5n4)CC3=O)ccc2s1. The third kappa shape index (κ3) is 3.57. The van der Waals surface area contributed by atoms with Crippen LogP contribution in [0.1, 0.15) is 11.4 Å². The van der Waals surface area contributed by atoms with Gasteiger partial charge >= 0.3 is 0 Å². The molecule has 4 heterocycles. The van der Waals surface area contributed by atoms with E-state index in [0.29, 0.717) is 11.5 Å². The molecule has 1 saturated heterocycles. The Morgan fingerprint density at radius 3 is 2.85 bits per heavy atom. The molecular weight excluding hydrogens is 456 g/mol. The number of aromatic nitrogens is 4. The zero-order valence-electron chi connectivity index (χ0n) is 17.6. The second kappa shape index (κ2) is 7.75. The van der Waals surface area contributed by atoms with E-state index in [1.54, 1.807) is 20.8 Å². The standard InChI is InChI=1S/C23H18N6O2S2/c1-13-24-17-10-16(7-8-19(17)33-13)28-11-15(9-20(28)30)21(31)25-22-26-23-29(27-22)18(12-32-23)14-5-3-2-4-6-14/h2-8,10,12,15H,9,11H2,1H3,(H,25,27,31). The first-order valence-electron chi connectivity index (χ1n) is 10.4. The first kappa shape index (κ1) is 20.0. The maximum atomic E-state index is 12.9. The van der Waals surface area contributed by atoms with E-state index >= 15 is 0 Å². The molecule has 0 aliphatic carbocycles. The number of rotatable bonds is 4. The number of fused-ring (bicyclic) bond motifs is 2. The lowest BCUT2D eigenvalue weighted by molar-refractivity contribution is -0.122. The zero-order chi connectivity index (χ0) is 22.5. The first-order chi connectivity index (χ1) is 16.0. The Hall–Kier alpha value is -3.63. The fourth-order valence-electron chi connectivity index (χ4n) is 4.09. The van der Waals surface area contributed by atoms with Crippen molar-refractivity contribution < 1.29 is 9.59 Å². The smallest absolute Gasteiger partial charge is 0.250 e. The molecule has 2 amide bonds. The van der Waals surface area contributed by atoms with Crippen LogP contribution in [0.2, 0.25) is 0 Å². The number of hydrogen-bond acceptors (Lipinski definition) is 7. The minimum Gasteiger partial charge on any atom is -0.312 e. The molecule has 1 atom stereocenters. The van der Waals surface area contributed by atoms with Gasteiger partial charge in [-0.2, -0.15) is 4.98 Å². The fraction of sp³-hybridized carbons (Fsp3) is 0.174. The lowest BCUT2D eigenvalue weighted by atomic mass is 10.1. The predicted molar refractivity (Wildman–Crippen MR) is 130 cm³/mol. The van der Waals surface area contributed by atoms with Gasteiger partial charge in [0.2, 0.25) is 22.7 Å². The Balaban J connectivity index is 1.20. The summed E-state index contributed by atoms with van der Waals surface area (Å²) in [7, 11) is 0. The van der Waals surface area contributed by atoms with Crippen LogP contribution in [0, 0.1) is 12.8 Å². The molecule has 3 aromatic heterocycles. The van der Waals surface area contributed by atoms with Gasteiger partial charge in [-0.05, 0) is 25.1 Å². The molecule has 6 rings (SSSR count). The number of hydrogen-bond donors (Lipinski definition) is 1. The average molecular weight is 475 g/mol. The number of carbonyl (C=O) groups is 2. The van der Waals surface area contributed by atoms with Crippen LogP contribution in [0.4, 0.5) is 11.6 Å². The third-order valence-electron chi connectivity index (χ3n) is 5.67. The molecule has 8 nitrogen and oxygen atoms in total. The highest BCUT2D eigenvalue weighted by Crippen LogP contribution is 2.31. The summed E-state index contributed by atoms with van der Waals surface area (Å²) in [6.07, 6.45) is 0.150. The summed E-state index contributed by atoms with van der Waals surface area (Å²) in [5, 5.41) is 10.2. The monoisotopic (exact) mass is 474 g/mol. The van der Waals surface area contributed by atoms with E-state index in [0.717, 1.165) is 32.2 Å². The van der Waals surface area contributed by atoms with E-state index in [-0.39, 0.29) is 24.2 Å². The number of carbonyl (C=O) groups excluding carboxylic acids is 2. The second-order valence-corrected chi connectivity index (χ2v) is 9.97. The highest BCUT2D eigenvalue weighted by molar-refractivity contribution is 7.18.